The minimum Gasteiger partial charge on any atom is -0.392 e. The van der Waals surface area contributed by atoms with Crippen LogP contribution in [-0.4, -0.2) is 47.1 Å². The van der Waals surface area contributed by atoms with Gasteiger partial charge < -0.3 is 15.3 Å². The number of benzene rings is 1. The summed E-state index contributed by atoms with van der Waals surface area (Å²) in [5.74, 6) is 0.241. The van der Waals surface area contributed by atoms with E-state index in [1.54, 1.807) is 0 Å². The summed E-state index contributed by atoms with van der Waals surface area (Å²) >= 11 is 0. The molecule has 0 bridgehead atoms. The van der Waals surface area contributed by atoms with Crippen LogP contribution in [0.1, 0.15) is 65.9 Å². The Morgan fingerprint density at radius 2 is 1.78 bits per heavy atom. The van der Waals surface area contributed by atoms with Crippen molar-refractivity contribution < 1.29 is 14.7 Å². The number of rotatable bonds is 7. The summed E-state index contributed by atoms with van der Waals surface area (Å²) in [7, 11) is 0. The highest BCUT2D eigenvalue weighted by Gasteiger charge is 2.54. The number of hydrogen-bond acceptors (Lipinski definition) is 3. The Labute approximate surface area is 194 Å². The zero-order valence-electron chi connectivity index (χ0n) is 20.5. The van der Waals surface area contributed by atoms with Crippen LogP contribution in [0.25, 0.3) is 0 Å². The molecule has 1 aromatic carbocycles. The first kappa shape index (κ1) is 24.8. The molecule has 2 aliphatic carbocycles. The summed E-state index contributed by atoms with van der Waals surface area (Å²) in [6.07, 6.45) is 3.73. The van der Waals surface area contributed by atoms with Gasteiger partial charge in [-0.3, -0.25) is 9.59 Å². The van der Waals surface area contributed by atoms with Gasteiger partial charge in [0.15, 0.2) is 0 Å². The van der Waals surface area contributed by atoms with Gasteiger partial charge in [-0.2, -0.15) is 0 Å². The number of carbonyl (C=O) groups excluding carboxylic acids is 2. The number of aliphatic hydroxyl groups is 1. The molecule has 32 heavy (non-hydrogen) atoms. The molecule has 0 spiro atoms. The summed E-state index contributed by atoms with van der Waals surface area (Å²) in [6.45, 7) is 11.9. The molecule has 1 aromatic rings. The van der Waals surface area contributed by atoms with E-state index >= 15 is 0 Å². The first-order valence-corrected chi connectivity index (χ1v) is 12.5. The van der Waals surface area contributed by atoms with Gasteiger partial charge in [0.25, 0.3) is 0 Å². The zero-order chi connectivity index (χ0) is 23.5. The van der Waals surface area contributed by atoms with E-state index in [2.05, 4.69) is 19.2 Å². The van der Waals surface area contributed by atoms with Crippen molar-refractivity contribution in [3.8, 4) is 0 Å². The van der Waals surface area contributed by atoms with Gasteiger partial charge in [-0.05, 0) is 68.3 Å². The molecule has 0 aromatic heterocycles. The van der Waals surface area contributed by atoms with Crippen LogP contribution in [0.5, 0.6) is 0 Å². The predicted octanol–water partition coefficient (Wildman–Crippen LogP) is 4.04. The van der Waals surface area contributed by atoms with Gasteiger partial charge in [0.2, 0.25) is 11.8 Å². The molecule has 7 atom stereocenters. The topological polar surface area (TPSA) is 69.6 Å². The number of amides is 2. The molecule has 2 fully saturated rings. The van der Waals surface area contributed by atoms with Crippen molar-refractivity contribution in [1.29, 1.82) is 0 Å². The molecular weight excluding hydrogens is 400 g/mol. The summed E-state index contributed by atoms with van der Waals surface area (Å²) in [5.41, 5.74) is 1.08. The first-order chi connectivity index (χ1) is 15.2. The van der Waals surface area contributed by atoms with Gasteiger partial charge >= 0.3 is 0 Å². The third-order valence-corrected chi connectivity index (χ3v) is 8.55. The molecule has 2 aliphatic rings. The maximum absolute atomic E-state index is 13.0. The molecule has 3 rings (SSSR count). The van der Waals surface area contributed by atoms with E-state index in [1.807, 2.05) is 56.0 Å². The fourth-order valence-electron chi connectivity index (χ4n) is 6.54. The van der Waals surface area contributed by atoms with Crippen LogP contribution < -0.4 is 5.32 Å². The van der Waals surface area contributed by atoms with Gasteiger partial charge in [-0.1, -0.05) is 51.1 Å². The minimum atomic E-state index is -0.521. The van der Waals surface area contributed by atoms with E-state index < -0.39 is 6.10 Å². The molecule has 0 unspecified atom stereocenters. The number of nitrogens with one attached hydrogen (secondary N) is 1. The quantitative estimate of drug-likeness (QED) is 0.670. The van der Waals surface area contributed by atoms with E-state index in [0.717, 1.165) is 31.2 Å². The van der Waals surface area contributed by atoms with E-state index in [4.69, 9.17) is 0 Å². The Morgan fingerprint density at radius 3 is 2.41 bits per heavy atom. The molecule has 178 valence electrons. The molecule has 0 heterocycles. The van der Waals surface area contributed by atoms with Crippen LogP contribution in [0.4, 0.5) is 0 Å². The summed E-state index contributed by atoms with van der Waals surface area (Å²) in [4.78, 5) is 27.6. The number of nitrogens with zero attached hydrogens (tertiary/aromatic N) is 1. The summed E-state index contributed by atoms with van der Waals surface area (Å²) in [6, 6.07) is 9.88. The molecule has 0 radical (unpaired) electrons. The van der Waals surface area contributed by atoms with Crippen molar-refractivity contribution >= 4 is 11.8 Å². The van der Waals surface area contributed by atoms with Crippen molar-refractivity contribution in [2.24, 2.45) is 29.1 Å². The lowest BCUT2D eigenvalue weighted by Gasteiger charge is -2.56. The third-order valence-electron chi connectivity index (χ3n) is 8.55. The average Bonchev–Trinajstić information content (AvgIpc) is 2.77. The van der Waals surface area contributed by atoms with Crippen LogP contribution in [-0.2, 0) is 16.0 Å². The number of carbonyl (C=O) groups is 2. The fourth-order valence-corrected chi connectivity index (χ4v) is 6.54. The second-order valence-electron chi connectivity index (χ2n) is 10.4. The lowest BCUT2D eigenvalue weighted by Crippen LogP contribution is -2.58. The average molecular weight is 443 g/mol. The Bertz CT molecular complexity index is 778. The van der Waals surface area contributed by atoms with Gasteiger partial charge in [0.05, 0.1) is 12.5 Å². The molecule has 2 amide bonds. The lowest BCUT2D eigenvalue weighted by molar-refractivity contribution is -0.150. The van der Waals surface area contributed by atoms with Gasteiger partial charge in [0.1, 0.15) is 0 Å². The number of hydrogen-bond donors (Lipinski definition) is 2. The van der Waals surface area contributed by atoms with Crippen LogP contribution in [0.15, 0.2) is 30.3 Å². The first-order valence-electron chi connectivity index (χ1n) is 12.5. The van der Waals surface area contributed by atoms with E-state index in [0.29, 0.717) is 19.5 Å². The fraction of sp³-hybridized carbons (Fsp3) is 0.704. The molecule has 0 aliphatic heterocycles. The van der Waals surface area contributed by atoms with Crippen LogP contribution in [0.2, 0.25) is 0 Å². The van der Waals surface area contributed by atoms with E-state index in [-0.39, 0.29) is 46.9 Å². The number of aliphatic hydroxyl groups excluding tert-OH is 1. The Balaban J connectivity index is 1.70. The molecular formula is C27H42N2O3. The summed E-state index contributed by atoms with van der Waals surface area (Å²) in [5, 5.41) is 14.8. The highest BCUT2D eigenvalue weighted by molar-refractivity contribution is 5.79. The van der Waals surface area contributed by atoms with Crippen molar-refractivity contribution in [2.45, 2.75) is 78.9 Å². The Hall–Kier alpha value is -1.88. The Morgan fingerprint density at radius 1 is 1.16 bits per heavy atom. The normalized spacial score (nSPS) is 33.1. The van der Waals surface area contributed by atoms with Gasteiger partial charge in [0, 0.05) is 25.0 Å². The summed E-state index contributed by atoms with van der Waals surface area (Å²) < 4.78 is 0. The number of fused-ring (bicyclic) bond motifs is 1. The van der Waals surface area contributed by atoms with E-state index in [9.17, 15) is 14.7 Å². The van der Waals surface area contributed by atoms with Crippen molar-refractivity contribution in [3.05, 3.63) is 35.9 Å². The standard InChI is InChI=1S/C27H42N2O3/c1-6-29(7-2)26(32)18(3)21-13-15-27(5)16-14-22(19(4)24(27)25(21)31)28-23(30)17-20-11-9-8-10-12-20/h8-12,18-19,21-22,24-25,31H,6-7,13-17H2,1-5H3,(H,28,30)/t18-,19+,21-,22-,24+,25-,27-/m0/s1. The molecule has 5 nitrogen and oxygen atoms in total. The van der Waals surface area contributed by atoms with Crippen molar-refractivity contribution in [1.82, 2.24) is 10.2 Å². The van der Waals surface area contributed by atoms with Gasteiger partial charge in [-0.15, -0.1) is 0 Å². The lowest BCUT2D eigenvalue weighted by atomic mass is 9.51. The predicted molar refractivity (Wildman–Crippen MR) is 128 cm³/mol. The largest absolute Gasteiger partial charge is 0.392 e. The highest BCUT2D eigenvalue weighted by Crippen LogP contribution is 2.55. The maximum Gasteiger partial charge on any atom is 0.225 e. The Kier molecular flexibility index (Phi) is 8.02. The van der Waals surface area contributed by atoms with Crippen LogP contribution >= 0.6 is 0 Å². The molecule has 5 heteroatoms. The minimum absolute atomic E-state index is 0.0256. The van der Waals surface area contributed by atoms with Crippen LogP contribution in [0.3, 0.4) is 0 Å². The third kappa shape index (κ3) is 5.03. The highest BCUT2D eigenvalue weighted by atomic mass is 16.3. The van der Waals surface area contributed by atoms with Gasteiger partial charge in [-0.25, -0.2) is 0 Å². The monoisotopic (exact) mass is 442 g/mol. The van der Waals surface area contributed by atoms with Crippen molar-refractivity contribution in [2.75, 3.05) is 13.1 Å². The molecule has 0 saturated heterocycles. The molecule has 2 N–H and O–H groups in total. The second kappa shape index (κ2) is 10.4. The second-order valence-corrected chi connectivity index (χ2v) is 10.4. The van der Waals surface area contributed by atoms with Crippen LogP contribution in [0, 0.1) is 29.1 Å². The zero-order valence-corrected chi connectivity index (χ0v) is 20.5. The van der Waals surface area contributed by atoms with E-state index in [1.165, 1.54) is 0 Å². The maximum atomic E-state index is 13.0. The molecule has 2 saturated carbocycles. The smallest absolute Gasteiger partial charge is 0.225 e. The SMILES string of the molecule is CCN(CC)C(=O)[C@@H](C)[C@@H]1CC[C@@]2(C)CC[C@H](NC(=O)Cc3ccccc3)[C@@H](C)[C@@H]2[C@H]1O. The van der Waals surface area contributed by atoms with Crippen molar-refractivity contribution in [3.63, 3.8) is 0 Å².